The van der Waals surface area contributed by atoms with Crippen molar-refractivity contribution in [2.45, 2.75) is 18.8 Å². The second-order valence-corrected chi connectivity index (χ2v) is 5.07. The van der Waals surface area contributed by atoms with Crippen LogP contribution in [0.15, 0.2) is 48.5 Å². The van der Waals surface area contributed by atoms with E-state index in [9.17, 15) is 9.18 Å². The first kappa shape index (κ1) is 14.3. The van der Waals surface area contributed by atoms with Crippen LogP contribution in [0.5, 0.6) is 5.75 Å². The first-order valence-electron chi connectivity index (χ1n) is 6.43. The third-order valence-corrected chi connectivity index (χ3v) is 3.47. The Morgan fingerprint density at radius 1 is 1.20 bits per heavy atom. The van der Waals surface area contributed by atoms with Gasteiger partial charge in [0.25, 0.3) is 0 Å². The van der Waals surface area contributed by atoms with Gasteiger partial charge in [0, 0.05) is 0 Å². The molecule has 104 valence electrons. The Labute approximate surface area is 118 Å². The molecule has 0 bridgehead atoms. The highest BCUT2D eigenvalue weighted by Gasteiger charge is 2.26. The van der Waals surface area contributed by atoms with Crippen molar-refractivity contribution in [3.63, 3.8) is 0 Å². The fraction of sp³-hybridized carbons (Fsp3) is 0.235. The van der Waals surface area contributed by atoms with Gasteiger partial charge in [-0.15, -0.1) is 0 Å². The molecule has 0 fully saturated rings. The average molecular weight is 272 g/mol. The molecule has 20 heavy (non-hydrogen) atoms. The minimum Gasteiger partial charge on any atom is -0.497 e. The van der Waals surface area contributed by atoms with Gasteiger partial charge in [0.15, 0.2) is 0 Å². The number of halogens is 1. The molecule has 3 heteroatoms. The average Bonchev–Trinajstić information content (AvgIpc) is 2.48. The molecule has 2 aromatic carbocycles. The highest BCUT2D eigenvalue weighted by molar-refractivity contribution is 5.68. The van der Waals surface area contributed by atoms with E-state index in [1.165, 1.54) is 12.1 Å². The van der Waals surface area contributed by atoms with E-state index in [4.69, 9.17) is 4.74 Å². The van der Waals surface area contributed by atoms with E-state index >= 15 is 0 Å². The molecule has 0 radical (unpaired) electrons. The standard InChI is InChI=1S/C17H17FO2/c1-17(12-19,14-6-8-15(18)9-7-14)11-13-4-3-5-16(10-13)20-2/h3-10,12H,11H2,1-2H3. The zero-order chi connectivity index (χ0) is 14.6. The number of ether oxygens (including phenoxy) is 1. The second kappa shape index (κ2) is 5.87. The van der Waals surface area contributed by atoms with Crippen LogP contribution < -0.4 is 4.74 Å². The van der Waals surface area contributed by atoms with Crippen LogP contribution in [0, 0.1) is 5.82 Å². The minimum absolute atomic E-state index is 0.302. The molecule has 0 saturated carbocycles. The van der Waals surface area contributed by atoms with Crippen molar-refractivity contribution < 1.29 is 13.9 Å². The Hall–Kier alpha value is -2.16. The van der Waals surface area contributed by atoms with Gasteiger partial charge in [-0.05, 0) is 48.7 Å². The first-order valence-corrected chi connectivity index (χ1v) is 6.43. The minimum atomic E-state index is -0.680. The number of carbonyl (C=O) groups excluding carboxylic acids is 1. The largest absolute Gasteiger partial charge is 0.497 e. The summed E-state index contributed by atoms with van der Waals surface area (Å²) in [4.78, 5) is 11.5. The lowest BCUT2D eigenvalue weighted by Gasteiger charge is -2.24. The van der Waals surface area contributed by atoms with Gasteiger partial charge in [-0.3, -0.25) is 0 Å². The van der Waals surface area contributed by atoms with Crippen molar-refractivity contribution in [3.8, 4) is 5.75 Å². The number of hydrogen-bond acceptors (Lipinski definition) is 2. The van der Waals surface area contributed by atoms with Gasteiger partial charge in [0.1, 0.15) is 17.9 Å². The van der Waals surface area contributed by atoms with Crippen molar-refractivity contribution in [2.24, 2.45) is 0 Å². The summed E-state index contributed by atoms with van der Waals surface area (Å²) in [6.45, 7) is 1.85. The SMILES string of the molecule is COc1cccc(CC(C)(C=O)c2ccc(F)cc2)c1. The van der Waals surface area contributed by atoms with E-state index in [1.807, 2.05) is 31.2 Å². The van der Waals surface area contributed by atoms with E-state index in [0.29, 0.717) is 6.42 Å². The lowest BCUT2D eigenvalue weighted by atomic mass is 9.78. The molecule has 0 amide bonds. The van der Waals surface area contributed by atoms with Crippen LogP contribution in [-0.4, -0.2) is 13.4 Å². The number of aldehydes is 1. The zero-order valence-corrected chi connectivity index (χ0v) is 11.6. The molecule has 1 unspecified atom stereocenters. The highest BCUT2D eigenvalue weighted by Crippen LogP contribution is 2.27. The Bertz CT molecular complexity index is 592. The zero-order valence-electron chi connectivity index (χ0n) is 11.6. The third-order valence-electron chi connectivity index (χ3n) is 3.47. The predicted octanol–water partition coefficient (Wildman–Crippen LogP) is 3.53. The van der Waals surface area contributed by atoms with Gasteiger partial charge in [-0.1, -0.05) is 24.3 Å². The van der Waals surface area contributed by atoms with E-state index in [0.717, 1.165) is 23.2 Å². The van der Waals surface area contributed by atoms with Crippen LogP contribution >= 0.6 is 0 Å². The van der Waals surface area contributed by atoms with E-state index in [-0.39, 0.29) is 5.82 Å². The number of methoxy groups -OCH3 is 1. The van der Waals surface area contributed by atoms with Gasteiger partial charge < -0.3 is 9.53 Å². The fourth-order valence-electron chi connectivity index (χ4n) is 2.25. The quantitative estimate of drug-likeness (QED) is 0.778. The summed E-state index contributed by atoms with van der Waals surface area (Å²) in [6.07, 6.45) is 1.46. The summed E-state index contributed by atoms with van der Waals surface area (Å²) in [5.74, 6) is 0.457. The summed E-state index contributed by atoms with van der Waals surface area (Å²) >= 11 is 0. The van der Waals surface area contributed by atoms with Gasteiger partial charge in [0.05, 0.1) is 12.5 Å². The molecular weight excluding hydrogens is 255 g/mol. The Balaban J connectivity index is 2.31. The molecule has 0 aliphatic rings. The lowest BCUT2D eigenvalue weighted by Crippen LogP contribution is -2.26. The molecule has 2 nitrogen and oxygen atoms in total. The van der Waals surface area contributed by atoms with E-state index in [2.05, 4.69) is 0 Å². The van der Waals surface area contributed by atoms with Gasteiger partial charge in [0.2, 0.25) is 0 Å². The van der Waals surface area contributed by atoms with Crippen LogP contribution in [0.25, 0.3) is 0 Å². The van der Waals surface area contributed by atoms with Crippen LogP contribution in [0.3, 0.4) is 0 Å². The van der Waals surface area contributed by atoms with Crippen LogP contribution in [0.1, 0.15) is 18.1 Å². The smallest absolute Gasteiger partial charge is 0.130 e. The number of hydrogen-bond donors (Lipinski definition) is 0. The monoisotopic (exact) mass is 272 g/mol. The normalized spacial score (nSPS) is 13.6. The van der Waals surface area contributed by atoms with Gasteiger partial charge in [-0.2, -0.15) is 0 Å². The fourth-order valence-corrected chi connectivity index (χ4v) is 2.25. The van der Waals surface area contributed by atoms with Crippen molar-refractivity contribution in [2.75, 3.05) is 7.11 Å². The second-order valence-electron chi connectivity index (χ2n) is 5.07. The Morgan fingerprint density at radius 2 is 1.90 bits per heavy atom. The van der Waals surface area contributed by atoms with Crippen molar-refractivity contribution in [3.05, 3.63) is 65.5 Å². The third kappa shape index (κ3) is 3.05. The van der Waals surface area contributed by atoms with Gasteiger partial charge in [-0.25, -0.2) is 4.39 Å². The predicted molar refractivity (Wildman–Crippen MR) is 76.5 cm³/mol. The van der Waals surface area contributed by atoms with Crippen molar-refractivity contribution in [1.82, 2.24) is 0 Å². The molecule has 0 aliphatic heterocycles. The van der Waals surface area contributed by atoms with Crippen molar-refractivity contribution >= 4 is 6.29 Å². The maximum absolute atomic E-state index is 13.0. The molecule has 2 aromatic rings. The summed E-state index contributed by atoms with van der Waals surface area (Å²) in [5.41, 5.74) is 1.13. The Kier molecular flexibility index (Phi) is 4.18. The summed E-state index contributed by atoms with van der Waals surface area (Å²) < 4.78 is 18.2. The summed E-state index contributed by atoms with van der Waals surface area (Å²) in [5, 5.41) is 0. The molecule has 0 heterocycles. The first-order chi connectivity index (χ1) is 9.57. The van der Waals surface area contributed by atoms with Crippen molar-refractivity contribution in [1.29, 1.82) is 0 Å². The summed E-state index contributed by atoms with van der Waals surface area (Å²) in [7, 11) is 1.61. The molecule has 1 atom stereocenters. The maximum atomic E-state index is 13.0. The van der Waals surface area contributed by atoms with E-state index in [1.54, 1.807) is 19.2 Å². The topological polar surface area (TPSA) is 26.3 Å². The molecule has 0 aliphatic carbocycles. The molecule has 0 N–H and O–H groups in total. The van der Waals surface area contributed by atoms with Gasteiger partial charge >= 0.3 is 0 Å². The van der Waals surface area contributed by atoms with Crippen LogP contribution in [0.2, 0.25) is 0 Å². The van der Waals surface area contributed by atoms with E-state index < -0.39 is 5.41 Å². The number of benzene rings is 2. The molecule has 0 aromatic heterocycles. The molecule has 0 spiro atoms. The molecule has 2 rings (SSSR count). The number of rotatable bonds is 5. The lowest BCUT2D eigenvalue weighted by molar-refractivity contribution is -0.112. The summed E-state index contributed by atoms with van der Waals surface area (Å²) in [6, 6.07) is 13.7. The molecular formula is C17H17FO2. The Morgan fingerprint density at radius 3 is 2.50 bits per heavy atom. The molecule has 0 saturated heterocycles. The van der Waals surface area contributed by atoms with Crippen LogP contribution in [0.4, 0.5) is 4.39 Å². The van der Waals surface area contributed by atoms with Crippen LogP contribution in [-0.2, 0) is 16.6 Å². The number of carbonyl (C=O) groups is 1. The highest BCUT2D eigenvalue weighted by atomic mass is 19.1. The maximum Gasteiger partial charge on any atom is 0.130 e.